The van der Waals surface area contributed by atoms with Gasteiger partial charge in [0.2, 0.25) is 0 Å². The molecule has 0 fully saturated rings. The predicted molar refractivity (Wildman–Crippen MR) is 88.3 cm³/mol. The number of carboxylic acids is 1. The zero-order valence-electron chi connectivity index (χ0n) is 11.9. The fourth-order valence-electron chi connectivity index (χ4n) is 3.21. The van der Waals surface area contributed by atoms with Gasteiger partial charge in [0.05, 0.1) is 5.69 Å². The molecule has 0 aliphatic heterocycles. The van der Waals surface area contributed by atoms with Crippen molar-refractivity contribution in [1.82, 2.24) is 4.98 Å². The highest BCUT2D eigenvalue weighted by Crippen LogP contribution is 2.41. The van der Waals surface area contributed by atoms with Crippen LogP contribution in [0.3, 0.4) is 0 Å². The standard InChI is InChI=1S/C17H16N2O2S/c18-13(17(20)21)8-9-7-12-15(22-9)6-5-11-10-3-1-2-4-14(10)19-16(11)12/h1-4,7,13,19H,5-6,8,18H2,(H,20,21). The van der Waals surface area contributed by atoms with Crippen LogP contribution in [0.25, 0.3) is 22.2 Å². The molecule has 0 bridgehead atoms. The van der Waals surface area contributed by atoms with Crippen molar-refractivity contribution in [2.45, 2.75) is 25.3 Å². The Labute approximate surface area is 131 Å². The Kier molecular flexibility index (Phi) is 3.06. The van der Waals surface area contributed by atoms with Gasteiger partial charge in [-0.3, -0.25) is 4.79 Å². The molecule has 0 amide bonds. The van der Waals surface area contributed by atoms with Crippen LogP contribution in [0, 0.1) is 0 Å². The van der Waals surface area contributed by atoms with E-state index >= 15 is 0 Å². The summed E-state index contributed by atoms with van der Waals surface area (Å²) in [6.45, 7) is 0. The number of aromatic nitrogens is 1. The summed E-state index contributed by atoms with van der Waals surface area (Å²) in [7, 11) is 0. The maximum atomic E-state index is 10.9. The van der Waals surface area contributed by atoms with Crippen LogP contribution in [0.4, 0.5) is 0 Å². The van der Waals surface area contributed by atoms with E-state index in [1.54, 1.807) is 11.3 Å². The molecule has 0 radical (unpaired) electrons. The summed E-state index contributed by atoms with van der Waals surface area (Å²) in [5.41, 5.74) is 10.6. The van der Waals surface area contributed by atoms with Gasteiger partial charge in [-0.25, -0.2) is 0 Å². The molecule has 4 nitrogen and oxygen atoms in total. The van der Waals surface area contributed by atoms with Gasteiger partial charge in [-0.1, -0.05) is 18.2 Å². The van der Waals surface area contributed by atoms with Gasteiger partial charge >= 0.3 is 5.97 Å². The second kappa shape index (κ2) is 4.97. The molecule has 1 aromatic carbocycles. The van der Waals surface area contributed by atoms with Crippen molar-refractivity contribution in [3.63, 3.8) is 0 Å². The van der Waals surface area contributed by atoms with Gasteiger partial charge in [0.15, 0.2) is 0 Å². The Morgan fingerprint density at radius 3 is 3.00 bits per heavy atom. The molecule has 0 saturated carbocycles. The Morgan fingerprint density at radius 1 is 1.36 bits per heavy atom. The van der Waals surface area contributed by atoms with Crippen molar-refractivity contribution >= 4 is 28.2 Å². The van der Waals surface area contributed by atoms with E-state index < -0.39 is 12.0 Å². The largest absolute Gasteiger partial charge is 0.480 e. The zero-order chi connectivity index (χ0) is 15.3. The number of nitrogens with one attached hydrogen (secondary N) is 1. The van der Waals surface area contributed by atoms with Crippen molar-refractivity contribution in [2.24, 2.45) is 5.73 Å². The third kappa shape index (κ3) is 2.05. The van der Waals surface area contributed by atoms with Crippen molar-refractivity contribution in [1.29, 1.82) is 0 Å². The quantitative estimate of drug-likeness (QED) is 0.695. The molecule has 0 spiro atoms. The number of hydrogen-bond donors (Lipinski definition) is 3. The summed E-state index contributed by atoms with van der Waals surface area (Å²) >= 11 is 1.69. The third-order valence-electron chi connectivity index (χ3n) is 4.28. The van der Waals surface area contributed by atoms with Crippen LogP contribution >= 0.6 is 11.3 Å². The highest BCUT2D eigenvalue weighted by molar-refractivity contribution is 7.12. The number of fused-ring (bicyclic) bond motifs is 5. The van der Waals surface area contributed by atoms with Crippen molar-refractivity contribution in [2.75, 3.05) is 0 Å². The first-order valence-corrected chi connectivity index (χ1v) is 8.15. The maximum absolute atomic E-state index is 10.9. The molecule has 3 aromatic rings. The molecule has 22 heavy (non-hydrogen) atoms. The predicted octanol–water partition coefficient (Wildman–Crippen LogP) is 2.95. The zero-order valence-corrected chi connectivity index (χ0v) is 12.7. The highest BCUT2D eigenvalue weighted by atomic mass is 32.1. The molecule has 1 atom stereocenters. The van der Waals surface area contributed by atoms with E-state index in [9.17, 15) is 4.79 Å². The number of carboxylic acid groups (broad SMARTS) is 1. The van der Waals surface area contributed by atoms with Crippen LogP contribution in [0.15, 0.2) is 30.3 Å². The fourth-order valence-corrected chi connectivity index (χ4v) is 4.45. The minimum absolute atomic E-state index is 0.391. The molecule has 112 valence electrons. The number of rotatable bonds is 3. The minimum Gasteiger partial charge on any atom is -0.480 e. The van der Waals surface area contributed by atoms with Gasteiger partial charge in [-0.15, -0.1) is 11.3 Å². The maximum Gasteiger partial charge on any atom is 0.320 e. The molecule has 1 aliphatic carbocycles. The van der Waals surface area contributed by atoms with Gasteiger partial charge in [0.25, 0.3) is 0 Å². The molecule has 0 saturated heterocycles. The molecule has 2 heterocycles. The lowest BCUT2D eigenvalue weighted by Gasteiger charge is -2.11. The number of para-hydroxylation sites is 1. The van der Waals surface area contributed by atoms with E-state index in [1.165, 1.54) is 27.1 Å². The number of carbonyl (C=O) groups is 1. The first-order valence-electron chi connectivity index (χ1n) is 7.33. The average Bonchev–Trinajstić information content (AvgIpc) is 3.07. The van der Waals surface area contributed by atoms with Gasteiger partial charge in [0.1, 0.15) is 6.04 Å². The van der Waals surface area contributed by atoms with Gasteiger partial charge in [-0.2, -0.15) is 0 Å². The van der Waals surface area contributed by atoms with Crippen molar-refractivity contribution < 1.29 is 9.90 Å². The smallest absolute Gasteiger partial charge is 0.320 e. The van der Waals surface area contributed by atoms with Gasteiger partial charge < -0.3 is 15.8 Å². The van der Waals surface area contributed by atoms with Gasteiger partial charge in [0, 0.05) is 32.6 Å². The number of aryl methyl sites for hydroxylation is 2. The number of nitrogens with two attached hydrogens (primary N) is 1. The summed E-state index contributed by atoms with van der Waals surface area (Å²) in [6, 6.07) is 9.63. The number of hydrogen-bond acceptors (Lipinski definition) is 3. The van der Waals surface area contributed by atoms with E-state index in [1.807, 2.05) is 6.07 Å². The van der Waals surface area contributed by atoms with Crippen molar-refractivity contribution in [3.05, 3.63) is 45.6 Å². The minimum atomic E-state index is -0.947. The second-order valence-electron chi connectivity index (χ2n) is 5.72. The number of thiophene rings is 1. The fraction of sp³-hybridized carbons (Fsp3) is 0.235. The van der Waals surface area contributed by atoms with Crippen LogP contribution in [-0.4, -0.2) is 22.1 Å². The highest BCUT2D eigenvalue weighted by Gasteiger charge is 2.24. The summed E-state index contributed by atoms with van der Waals surface area (Å²) in [6.07, 6.45) is 2.43. The van der Waals surface area contributed by atoms with Crippen LogP contribution < -0.4 is 5.73 Å². The molecule has 2 aromatic heterocycles. The Hall–Kier alpha value is -2.11. The third-order valence-corrected chi connectivity index (χ3v) is 5.50. The van der Waals surface area contributed by atoms with E-state index in [0.29, 0.717) is 6.42 Å². The molecule has 5 heteroatoms. The number of aromatic amines is 1. The Balaban J connectivity index is 1.78. The lowest BCUT2D eigenvalue weighted by molar-refractivity contribution is -0.138. The lowest BCUT2D eigenvalue weighted by Crippen LogP contribution is -2.31. The molecular weight excluding hydrogens is 296 g/mol. The lowest BCUT2D eigenvalue weighted by atomic mass is 9.94. The molecule has 4 rings (SSSR count). The number of H-pyrrole nitrogens is 1. The molecule has 1 aliphatic rings. The first kappa shape index (κ1) is 13.5. The first-order chi connectivity index (χ1) is 10.6. The Bertz CT molecular complexity index is 878. The monoisotopic (exact) mass is 312 g/mol. The van der Waals surface area contributed by atoms with Crippen LogP contribution in [-0.2, 0) is 24.1 Å². The molecular formula is C17H16N2O2S. The molecule has 4 N–H and O–H groups in total. The Morgan fingerprint density at radius 2 is 2.18 bits per heavy atom. The molecule has 1 unspecified atom stereocenters. The summed E-state index contributed by atoms with van der Waals surface area (Å²) in [4.78, 5) is 16.8. The van der Waals surface area contributed by atoms with Gasteiger partial charge in [-0.05, 0) is 30.5 Å². The van der Waals surface area contributed by atoms with E-state index in [0.717, 1.165) is 23.2 Å². The average molecular weight is 312 g/mol. The van der Waals surface area contributed by atoms with Crippen LogP contribution in [0.1, 0.15) is 15.3 Å². The summed E-state index contributed by atoms with van der Waals surface area (Å²) in [5.74, 6) is -0.947. The van der Waals surface area contributed by atoms with Crippen LogP contribution in [0.5, 0.6) is 0 Å². The van der Waals surface area contributed by atoms with Crippen LogP contribution in [0.2, 0.25) is 0 Å². The number of benzene rings is 1. The van der Waals surface area contributed by atoms with E-state index in [2.05, 4.69) is 29.2 Å². The number of aliphatic carboxylic acids is 1. The second-order valence-corrected chi connectivity index (χ2v) is 6.94. The van der Waals surface area contributed by atoms with Crippen molar-refractivity contribution in [3.8, 4) is 11.3 Å². The normalized spacial score (nSPS) is 14.6. The van der Waals surface area contributed by atoms with E-state index in [4.69, 9.17) is 10.8 Å². The summed E-state index contributed by atoms with van der Waals surface area (Å²) in [5, 5.41) is 10.3. The topological polar surface area (TPSA) is 79.1 Å². The SMILES string of the molecule is NC(Cc1cc2c(s1)CCc1c-2[nH]c2ccccc12)C(=O)O. The summed E-state index contributed by atoms with van der Waals surface area (Å²) < 4.78 is 0. The van der Waals surface area contributed by atoms with E-state index in [-0.39, 0.29) is 0 Å².